The molecule has 0 aliphatic heterocycles. The number of alkyl halides is 1. The van der Waals surface area contributed by atoms with Crippen molar-refractivity contribution in [3.8, 4) is 5.75 Å². The minimum atomic E-state index is 0.509. The first-order chi connectivity index (χ1) is 9.29. The lowest BCUT2D eigenvalue weighted by atomic mass is 10.0. The second kappa shape index (κ2) is 7.01. The number of allylic oxidation sites excluding steroid dienone is 1. The number of hydrogen-bond acceptors (Lipinski definition) is 1. The summed E-state index contributed by atoms with van der Waals surface area (Å²) < 4.78 is 5.45. The van der Waals surface area contributed by atoms with E-state index in [1.54, 1.807) is 0 Å². The Morgan fingerprint density at radius 1 is 1.05 bits per heavy atom. The van der Waals surface area contributed by atoms with E-state index in [1.807, 2.05) is 18.2 Å². The molecule has 2 heteroatoms. The molecule has 0 heterocycles. The zero-order valence-electron chi connectivity index (χ0n) is 11.0. The number of rotatable bonds is 5. The lowest BCUT2D eigenvalue weighted by molar-refractivity contribution is 0.343. The molecule has 0 aromatic heterocycles. The van der Waals surface area contributed by atoms with E-state index in [0.717, 1.165) is 5.75 Å². The summed E-state index contributed by atoms with van der Waals surface area (Å²) >= 11 is 5.58. The van der Waals surface area contributed by atoms with Crippen molar-refractivity contribution in [2.45, 2.75) is 6.92 Å². The summed E-state index contributed by atoms with van der Waals surface area (Å²) in [6.45, 7) is 2.66. The van der Waals surface area contributed by atoms with Gasteiger partial charge in [0.25, 0.3) is 0 Å². The van der Waals surface area contributed by atoms with E-state index in [1.165, 1.54) is 16.7 Å². The topological polar surface area (TPSA) is 9.23 Å². The average Bonchev–Trinajstić information content (AvgIpc) is 2.47. The van der Waals surface area contributed by atoms with Crippen LogP contribution in [0.1, 0.15) is 18.1 Å². The van der Waals surface area contributed by atoms with Crippen LogP contribution in [0.25, 0.3) is 11.6 Å². The molecule has 2 aromatic rings. The van der Waals surface area contributed by atoms with Crippen molar-refractivity contribution in [2.75, 3.05) is 12.5 Å². The van der Waals surface area contributed by atoms with Crippen molar-refractivity contribution < 1.29 is 4.74 Å². The van der Waals surface area contributed by atoms with Gasteiger partial charge in [0.1, 0.15) is 12.4 Å². The Morgan fingerprint density at radius 3 is 2.37 bits per heavy atom. The molecular formula is C17H17ClO. The van der Waals surface area contributed by atoms with Gasteiger partial charge in [0.15, 0.2) is 0 Å². The van der Waals surface area contributed by atoms with Crippen LogP contribution in [0.3, 0.4) is 0 Å². The average molecular weight is 273 g/mol. The second-order valence-electron chi connectivity index (χ2n) is 4.30. The van der Waals surface area contributed by atoms with Gasteiger partial charge in [0.2, 0.25) is 0 Å². The first-order valence-electron chi connectivity index (χ1n) is 6.32. The molecular weight excluding hydrogens is 256 g/mol. The van der Waals surface area contributed by atoms with Gasteiger partial charge in [0.05, 0.1) is 5.88 Å². The predicted molar refractivity (Wildman–Crippen MR) is 82.6 cm³/mol. The molecule has 0 aliphatic carbocycles. The fraction of sp³-hybridized carbons (Fsp3) is 0.176. The van der Waals surface area contributed by atoms with E-state index in [4.69, 9.17) is 16.3 Å². The van der Waals surface area contributed by atoms with Crippen molar-refractivity contribution >= 4 is 23.3 Å². The molecule has 19 heavy (non-hydrogen) atoms. The molecule has 0 spiro atoms. The van der Waals surface area contributed by atoms with Crippen LogP contribution in [0.5, 0.6) is 5.75 Å². The van der Waals surface area contributed by atoms with E-state index in [9.17, 15) is 0 Å². The quantitative estimate of drug-likeness (QED) is 0.558. The van der Waals surface area contributed by atoms with Crippen molar-refractivity contribution in [3.63, 3.8) is 0 Å². The monoisotopic (exact) mass is 272 g/mol. The van der Waals surface area contributed by atoms with Gasteiger partial charge in [-0.3, -0.25) is 0 Å². The van der Waals surface area contributed by atoms with Gasteiger partial charge >= 0.3 is 0 Å². The standard InChI is InChI=1S/C17H17ClO/c1-14(16-5-3-2-4-6-16)13-15-7-9-17(10-8-15)19-12-11-18/h2-10,13H,11-12H2,1H3. The summed E-state index contributed by atoms with van der Waals surface area (Å²) in [5, 5.41) is 0. The van der Waals surface area contributed by atoms with Gasteiger partial charge in [-0.1, -0.05) is 48.5 Å². The number of hydrogen-bond donors (Lipinski definition) is 0. The first kappa shape index (κ1) is 13.7. The third-order valence-electron chi connectivity index (χ3n) is 2.84. The third kappa shape index (κ3) is 4.15. The van der Waals surface area contributed by atoms with Crippen molar-refractivity contribution in [2.24, 2.45) is 0 Å². The maximum Gasteiger partial charge on any atom is 0.119 e. The molecule has 0 aliphatic rings. The molecule has 98 valence electrons. The van der Waals surface area contributed by atoms with Crippen LogP contribution >= 0.6 is 11.6 Å². The summed E-state index contributed by atoms with van der Waals surface area (Å²) in [5.41, 5.74) is 3.65. The molecule has 0 atom stereocenters. The second-order valence-corrected chi connectivity index (χ2v) is 4.68. The Balaban J connectivity index is 2.10. The minimum Gasteiger partial charge on any atom is -0.492 e. The molecule has 2 rings (SSSR count). The van der Waals surface area contributed by atoms with E-state index < -0.39 is 0 Å². The van der Waals surface area contributed by atoms with Crippen molar-refractivity contribution in [3.05, 3.63) is 65.7 Å². The molecule has 1 nitrogen and oxygen atoms in total. The van der Waals surface area contributed by atoms with E-state index in [0.29, 0.717) is 12.5 Å². The van der Waals surface area contributed by atoms with Crippen LogP contribution < -0.4 is 4.74 Å². The first-order valence-corrected chi connectivity index (χ1v) is 6.85. The summed E-state index contributed by atoms with van der Waals surface area (Å²) in [4.78, 5) is 0. The molecule has 0 bridgehead atoms. The van der Waals surface area contributed by atoms with Gasteiger partial charge in [-0.15, -0.1) is 11.6 Å². The minimum absolute atomic E-state index is 0.509. The van der Waals surface area contributed by atoms with Crippen molar-refractivity contribution in [1.29, 1.82) is 0 Å². The van der Waals surface area contributed by atoms with Gasteiger partial charge in [0, 0.05) is 0 Å². The van der Waals surface area contributed by atoms with Crippen LogP contribution in [0.15, 0.2) is 54.6 Å². The third-order valence-corrected chi connectivity index (χ3v) is 2.99. The highest BCUT2D eigenvalue weighted by atomic mass is 35.5. The van der Waals surface area contributed by atoms with Crippen molar-refractivity contribution in [1.82, 2.24) is 0 Å². The summed E-state index contributed by atoms with van der Waals surface area (Å²) in [7, 11) is 0. The van der Waals surface area contributed by atoms with Crippen LogP contribution in [0, 0.1) is 0 Å². The van der Waals surface area contributed by atoms with Gasteiger partial charge in [-0.05, 0) is 35.8 Å². The Morgan fingerprint density at radius 2 is 1.74 bits per heavy atom. The molecule has 0 saturated heterocycles. The maximum atomic E-state index is 5.58. The fourth-order valence-electron chi connectivity index (χ4n) is 1.85. The van der Waals surface area contributed by atoms with E-state index >= 15 is 0 Å². The number of ether oxygens (including phenoxy) is 1. The smallest absolute Gasteiger partial charge is 0.119 e. The zero-order chi connectivity index (χ0) is 13.5. The molecule has 0 saturated carbocycles. The highest BCUT2D eigenvalue weighted by Gasteiger charge is 1.96. The summed E-state index contributed by atoms with van der Waals surface area (Å²) in [6.07, 6.45) is 2.17. The SMILES string of the molecule is CC(=Cc1ccc(OCCCl)cc1)c1ccccc1. The zero-order valence-corrected chi connectivity index (χ0v) is 11.7. The number of halogens is 1. The highest BCUT2D eigenvalue weighted by molar-refractivity contribution is 6.18. The lowest BCUT2D eigenvalue weighted by Crippen LogP contribution is -1.97. The fourth-order valence-corrected chi connectivity index (χ4v) is 1.93. The lowest BCUT2D eigenvalue weighted by Gasteiger charge is -2.05. The van der Waals surface area contributed by atoms with E-state index in [2.05, 4.69) is 49.4 Å². The molecule has 0 radical (unpaired) electrons. The Bertz CT molecular complexity index is 529. The molecule has 0 amide bonds. The largest absolute Gasteiger partial charge is 0.492 e. The van der Waals surface area contributed by atoms with Gasteiger partial charge in [-0.2, -0.15) is 0 Å². The Labute approximate surface area is 119 Å². The van der Waals surface area contributed by atoms with E-state index in [-0.39, 0.29) is 0 Å². The summed E-state index contributed by atoms with van der Waals surface area (Å²) in [6, 6.07) is 18.4. The number of benzene rings is 2. The summed E-state index contributed by atoms with van der Waals surface area (Å²) in [5.74, 6) is 1.37. The van der Waals surface area contributed by atoms with Gasteiger partial charge in [-0.25, -0.2) is 0 Å². The molecule has 0 fully saturated rings. The Kier molecular flexibility index (Phi) is 5.05. The molecule has 0 unspecified atom stereocenters. The predicted octanol–water partition coefficient (Wildman–Crippen LogP) is 4.86. The normalized spacial score (nSPS) is 11.4. The van der Waals surface area contributed by atoms with Crippen LogP contribution in [-0.4, -0.2) is 12.5 Å². The van der Waals surface area contributed by atoms with Gasteiger partial charge < -0.3 is 4.74 Å². The Hall–Kier alpha value is -1.73. The highest BCUT2D eigenvalue weighted by Crippen LogP contribution is 2.19. The van der Waals surface area contributed by atoms with Crippen LogP contribution in [0.4, 0.5) is 0 Å². The molecule has 0 N–H and O–H groups in total. The van der Waals surface area contributed by atoms with Crippen LogP contribution in [-0.2, 0) is 0 Å². The molecule has 2 aromatic carbocycles. The maximum absolute atomic E-state index is 5.58. The van der Waals surface area contributed by atoms with Crippen LogP contribution in [0.2, 0.25) is 0 Å².